The van der Waals surface area contributed by atoms with Crippen molar-refractivity contribution >= 4 is 17.4 Å². The number of H-pyrrole nitrogens is 1. The molecule has 1 aliphatic rings. The van der Waals surface area contributed by atoms with Gasteiger partial charge in [0.2, 0.25) is 0 Å². The van der Waals surface area contributed by atoms with E-state index < -0.39 is 17.5 Å². The predicted octanol–water partition coefficient (Wildman–Crippen LogP) is 4.48. The van der Waals surface area contributed by atoms with Crippen molar-refractivity contribution in [1.29, 1.82) is 0 Å². The van der Waals surface area contributed by atoms with Crippen LogP contribution in [0.3, 0.4) is 0 Å². The summed E-state index contributed by atoms with van der Waals surface area (Å²) >= 11 is 0. The third-order valence-electron chi connectivity index (χ3n) is 6.05. The molecule has 0 saturated heterocycles. The number of rotatable bonds is 7. The van der Waals surface area contributed by atoms with Crippen molar-refractivity contribution in [2.45, 2.75) is 19.3 Å². The van der Waals surface area contributed by atoms with Gasteiger partial charge in [0.25, 0.3) is 5.91 Å². The summed E-state index contributed by atoms with van der Waals surface area (Å²) in [5.41, 5.74) is 4.53. The lowest BCUT2D eigenvalue weighted by molar-refractivity contribution is 0.0953. The smallest absolute Gasteiger partial charge is 0.251 e. The first-order valence-electron chi connectivity index (χ1n) is 11.2. The number of aromatic nitrogens is 3. The van der Waals surface area contributed by atoms with Crippen LogP contribution in [0.25, 0.3) is 0 Å². The molecule has 178 valence electrons. The monoisotopic (exact) mass is 477 g/mol. The quantitative estimate of drug-likeness (QED) is 0.385. The Morgan fingerprint density at radius 3 is 2.69 bits per heavy atom. The number of halogens is 3. The van der Waals surface area contributed by atoms with Crippen molar-refractivity contribution in [3.8, 4) is 0 Å². The minimum Gasteiger partial charge on any atom is -0.352 e. The van der Waals surface area contributed by atoms with Gasteiger partial charge in [0.05, 0.1) is 6.33 Å². The minimum absolute atomic E-state index is 0.134. The molecule has 5 rings (SSSR count). The largest absolute Gasteiger partial charge is 0.352 e. The number of carbonyl (C=O) groups is 1. The standard InChI is InChI=1S/C26H22F3N5O/c27-21-11-17(12-22(28)25(21)29)10-16-4-7-31-24(13-16)34-9-6-19-20(2-1-3-23(19)34)26(35)32-8-5-18-14-30-15-33-18/h1-4,7,11-15H,5-6,8-10H2,(H,30,33)(H,32,35). The molecule has 0 unspecified atom stereocenters. The second-order valence-electron chi connectivity index (χ2n) is 8.36. The number of nitrogens with zero attached hydrogens (tertiary/aromatic N) is 3. The van der Waals surface area contributed by atoms with E-state index in [1.54, 1.807) is 24.8 Å². The maximum absolute atomic E-state index is 13.6. The number of carbonyl (C=O) groups excluding carboxylic acids is 1. The van der Waals surface area contributed by atoms with E-state index in [4.69, 9.17) is 0 Å². The topological polar surface area (TPSA) is 73.9 Å². The lowest BCUT2D eigenvalue weighted by Gasteiger charge is -2.19. The fourth-order valence-corrected chi connectivity index (χ4v) is 4.38. The molecule has 2 aromatic heterocycles. The van der Waals surface area contributed by atoms with Gasteiger partial charge in [-0.2, -0.15) is 0 Å². The summed E-state index contributed by atoms with van der Waals surface area (Å²) in [5.74, 6) is -3.36. The molecule has 35 heavy (non-hydrogen) atoms. The van der Waals surface area contributed by atoms with Gasteiger partial charge in [-0.3, -0.25) is 4.79 Å². The Bertz CT molecular complexity index is 1350. The number of amides is 1. The van der Waals surface area contributed by atoms with E-state index in [1.165, 1.54) is 0 Å². The number of hydrogen-bond donors (Lipinski definition) is 2. The fourth-order valence-electron chi connectivity index (χ4n) is 4.38. The van der Waals surface area contributed by atoms with Crippen LogP contribution < -0.4 is 10.2 Å². The van der Waals surface area contributed by atoms with Crippen LogP contribution in [0.4, 0.5) is 24.7 Å². The molecule has 0 spiro atoms. The Hall–Kier alpha value is -4.14. The summed E-state index contributed by atoms with van der Waals surface area (Å²) in [6, 6.07) is 11.2. The Kier molecular flexibility index (Phi) is 6.22. The van der Waals surface area contributed by atoms with Crippen LogP contribution in [0.2, 0.25) is 0 Å². The third-order valence-corrected chi connectivity index (χ3v) is 6.05. The number of pyridine rings is 1. The molecule has 6 nitrogen and oxygen atoms in total. The Morgan fingerprint density at radius 2 is 1.91 bits per heavy atom. The van der Waals surface area contributed by atoms with Crippen LogP contribution in [0, 0.1) is 17.5 Å². The maximum atomic E-state index is 13.6. The van der Waals surface area contributed by atoms with Gasteiger partial charge in [0.15, 0.2) is 17.5 Å². The number of anilines is 2. The molecular weight excluding hydrogens is 455 g/mol. The minimum atomic E-state index is -1.47. The number of imidazole rings is 1. The Balaban J connectivity index is 1.33. The number of aromatic amines is 1. The summed E-state index contributed by atoms with van der Waals surface area (Å²) in [4.78, 5) is 26.3. The molecule has 0 atom stereocenters. The Morgan fingerprint density at radius 1 is 1.09 bits per heavy atom. The van der Waals surface area contributed by atoms with Crippen molar-refractivity contribution in [2.24, 2.45) is 0 Å². The molecule has 3 heterocycles. The van der Waals surface area contributed by atoms with Crippen LogP contribution in [0.15, 0.2) is 61.2 Å². The van der Waals surface area contributed by atoms with Gasteiger partial charge in [-0.25, -0.2) is 23.1 Å². The second-order valence-corrected chi connectivity index (χ2v) is 8.36. The summed E-state index contributed by atoms with van der Waals surface area (Å²) < 4.78 is 40.5. The molecule has 4 aromatic rings. The lowest BCUT2D eigenvalue weighted by Crippen LogP contribution is -2.26. The second kappa shape index (κ2) is 9.61. The van der Waals surface area contributed by atoms with Gasteiger partial charge in [-0.05, 0) is 65.9 Å². The first-order chi connectivity index (χ1) is 17.0. The first-order valence-corrected chi connectivity index (χ1v) is 11.2. The van der Waals surface area contributed by atoms with Crippen LogP contribution in [0.1, 0.15) is 32.7 Å². The van der Waals surface area contributed by atoms with E-state index >= 15 is 0 Å². The van der Waals surface area contributed by atoms with Crippen LogP contribution in [-0.2, 0) is 19.3 Å². The van der Waals surface area contributed by atoms with E-state index in [2.05, 4.69) is 20.3 Å². The highest BCUT2D eigenvalue weighted by atomic mass is 19.2. The van der Waals surface area contributed by atoms with Crippen LogP contribution in [-0.4, -0.2) is 33.9 Å². The van der Waals surface area contributed by atoms with E-state index in [0.717, 1.165) is 34.6 Å². The van der Waals surface area contributed by atoms with E-state index in [1.807, 2.05) is 29.2 Å². The molecule has 1 amide bonds. The van der Waals surface area contributed by atoms with E-state index in [-0.39, 0.29) is 12.3 Å². The van der Waals surface area contributed by atoms with Crippen molar-refractivity contribution in [1.82, 2.24) is 20.3 Å². The maximum Gasteiger partial charge on any atom is 0.251 e. The number of hydrogen-bond acceptors (Lipinski definition) is 4. The van der Waals surface area contributed by atoms with Gasteiger partial charge >= 0.3 is 0 Å². The predicted molar refractivity (Wildman–Crippen MR) is 125 cm³/mol. The highest BCUT2D eigenvalue weighted by Crippen LogP contribution is 2.36. The van der Waals surface area contributed by atoms with Crippen molar-refractivity contribution < 1.29 is 18.0 Å². The van der Waals surface area contributed by atoms with Gasteiger partial charge in [0, 0.05) is 48.8 Å². The summed E-state index contributed by atoms with van der Waals surface area (Å²) in [7, 11) is 0. The molecule has 2 aromatic carbocycles. The lowest BCUT2D eigenvalue weighted by atomic mass is 10.0. The molecular formula is C26H22F3N5O. The zero-order valence-electron chi connectivity index (χ0n) is 18.7. The van der Waals surface area contributed by atoms with Crippen LogP contribution >= 0.6 is 0 Å². The molecule has 9 heteroatoms. The zero-order chi connectivity index (χ0) is 24.4. The zero-order valence-corrected chi connectivity index (χ0v) is 18.7. The van der Waals surface area contributed by atoms with Gasteiger partial charge in [-0.1, -0.05) is 6.07 Å². The average molecular weight is 477 g/mol. The normalized spacial score (nSPS) is 12.6. The Labute approximate surface area is 199 Å². The summed E-state index contributed by atoms with van der Waals surface area (Å²) in [6.45, 7) is 1.13. The highest BCUT2D eigenvalue weighted by molar-refractivity contribution is 5.98. The highest BCUT2D eigenvalue weighted by Gasteiger charge is 2.26. The molecule has 0 aliphatic carbocycles. The molecule has 0 radical (unpaired) electrons. The van der Waals surface area contributed by atoms with Gasteiger partial charge in [-0.15, -0.1) is 0 Å². The number of benzene rings is 2. The first kappa shape index (κ1) is 22.6. The van der Waals surface area contributed by atoms with Crippen molar-refractivity contribution in [3.63, 3.8) is 0 Å². The van der Waals surface area contributed by atoms with Crippen molar-refractivity contribution in [3.05, 3.63) is 107 Å². The number of fused-ring (bicyclic) bond motifs is 1. The SMILES string of the molecule is O=C(NCCc1cnc[nH]1)c1cccc2c1CCN2c1cc(Cc2cc(F)c(F)c(F)c2)ccn1. The van der Waals surface area contributed by atoms with Crippen LogP contribution in [0.5, 0.6) is 0 Å². The summed E-state index contributed by atoms with van der Waals surface area (Å²) in [6.07, 6.45) is 6.53. The molecule has 0 fully saturated rings. The number of nitrogens with one attached hydrogen (secondary N) is 2. The van der Waals surface area contributed by atoms with Gasteiger partial charge in [0.1, 0.15) is 5.82 Å². The molecule has 0 bridgehead atoms. The van der Waals surface area contributed by atoms with Gasteiger partial charge < -0.3 is 15.2 Å². The average Bonchev–Trinajstić information content (AvgIpc) is 3.52. The third kappa shape index (κ3) is 4.75. The fraction of sp³-hybridized carbons (Fsp3) is 0.192. The molecule has 0 saturated carbocycles. The van der Waals surface area contributed by atoms with E-state index in [9.17, 15) is 18.0 Å². The molecule has 1 aliphatic heterocycles. The van der Waals surface area contributed by atoms with E-state index in [0.29, 0.717) is 42.9 Å². The summed E-state index contributed by atoms with van der Waals surface area (Å²) in [5, 5.41) is 2.96. The molecule has 2 N–H and O–H groups in total. The van der Waals surface area contributed by atoms with Crippen molar-refractivity contribution in [2.75, 3.05) is 18.0 Å².